The Morgan fingerprint density at radius 1 is 1.50 bits per heavy atom. The minimum absolute atomic E-state index is 0.386. The second-order valence-electron chi connectivity index (χ2n) is 4.94. The van der Waals surface area contributed by atoms with Gasteiger partial charge in [0.15, 0.2) is 0 Å². The van der Waals surface area contributed by atoms with E-state index in [4.69, 9.17) is 4.74 Å². The normalized spacial score (nSPS) is 23.9. The van der Waals surface area contributed by atoms with Crippen LogP contribution in [0.2, 0.25) is 0 Å². The molecule has 2 atom stereocenters. The van der Waals surface area contributed by atoms with Crippen LogP contribution in [0.3, 0.4) is 0 Å². The molecule has 1 aliphatic heterocycles. The van der Waals surface area contributed by atoms with Crippen molar-refractivity contribution < 1.29 is 4.74 Å². The summed E-state index contributed by atoms with van der Waals surface area (Å²) < 4.78 is 6.03. The van der Waals surface area contributed by atoms with Crippen molar-refractivity contribution in [3.8, 4) is 0 Å². The topological polar surface area (TPSA) is 37.4 Å². The van der Waals surface area contributed by atoms with Crippen LogP contribution < -0.4 is 5.32 Å². The zero-order chi connectivity index (χ0) is 12.8. The molecule has 5 heteroatoms. The quantitative estimate of drug-likeness (QED) is 0.818. The molecule has 2 unspecified atom stereocenters. The third kappa shape index (κ3) is 4.31. The first-order valence-corrected chi connectivity index (χ1v) is 7.64. The largest absolute Gasteiger partial charge is 0.372 e. The highest BCUT2D eigenvalue weighted by atomic mass is 32.1. The van der Waals surface area contributed by atoms with Crippen LogP contribution in [-0.4, -0.2) is 48.8 Å². The Bertz CT molecular complexity index is 331. The van der Waals surface area contributed by atoms with Crippen molar-refractivity contribution >= 4 is 11.3 Å². The molecule has 18 heavy (non-hydrogen) atoms. The van der Waals surface area contributed by atoms with E-state index in [1.807, 2.05) is 5.51 Å². The molecule has 0 saturated carbocycles. The SMILES string of the molecule is CCNCC1CCC(CN(C)Cc2cscn2)O1. The third-order valence-electron chi connectivity index (χ3n) is 3.25. The lowest BCUT2D eigenvalue weighted by molar-refractivity contribution is 0.0268. The summed E-state index contributed by atoms with van der Waals surface area (Å²) in [4.78, 5) is 6.61. The summed E-state index contributed by atoms with van der Waals surface area (Å²) >= 11 is 1.66. The summed E-state index contributed by atoms with van der Waals surface area (Å²) in [5.74, 6) is 0. The number of nitrogens with one attached hydrogen (secondary N) is 1. The van der Waals surface area contributed by atoms with E-state index < -0.39 is 0 Å². The van der Waals surface area contributed by atoms with Crippen LogP contribution in [0.4, 0.5) is 0 Å². The van der Waals surface area contributed by atoms with E-state index in [0.29, 0.717) is 12.2 Å². The maximum Gasteiger partial charge on any atom is 0.0795 e. The number of rotatable bonds is 7. The predicted molar refractivity (Wildman–Crippen MR) is 74.9 cm³/mol. The number of aromatic nitrogens is 1. The van der Waals surface area contributed by atoms with Crippen LogP contribution in [-0.2, 0) is 11.3 Å². The van der Waals surface area contributed by atoms with Gasteiger partial charge in [0, 0.05) is 25.0 Å². The Balaban J connectivity index is 1.67. The smallest absolute Gasteiger partial charge is 0.0795 e. The van der Waals surface area contributed by atoms with Gasteiger partial charge in [-0.3, -0.25) is 4.90 Å². The van der Waals surface area contributed by atoms with Crippen LogP contribution in [0, 0.1) is 0 Å². The van der Waals surface area contributed by atoms with Gasteiger partial charge in [-0.05, 0) is 26.4 Å². The number of hydrogen-bond donors (Lipinski definition) is 1. The highest BCUT2D eigenvalue weighted by Crippen LogP contribution is 2.20. The van der Waals surface area contributed by atoms with Gasteiger partial charge >= 0.3 is 0 Å². The molecule has 2 rings (SSSR count). The molecule has 102 valence electrons. The molecule has 0 spiro atoms. The van der Waals surface area contributed by atoms with Gasteiger partial charge in [-0.2, -0.15) is 0 Å². The molecule has 0 amide bonds. The van der Waals surface area contributed by atoms with Crippen molar-refractivity contribution in [2.45, 2.75) is 38.5 Å². The lowest BCUT2D eigenvalue weighted by Crippen LogP contribution is -2.31. The van der Waals surface area contributed by atoms with E-state index >= 15 is 0 Å². The lowest BCUT2D eigenvalue weighted by atomic mass is 10.2. The molecule has 1 N–H and O–H groups in total. The zero-order valence-corrected chi connectivity index (χ0v) is 12.1. The average molecular weight is 269 g/mol. The zero-order valence-electron chi connectivity index (χ0n) is 11.3. The number of likely N-dealkylation sites (N-methyl/N-ethyl adjacent to an activating group) is 2. The summed E-state index contributed by atoms with van der Waals surface area (Å²) in [5, 5.41) is 5.46. The molecule has 2 heterocycles. The summed E-state index contributed by atoms with van der Waals surface area (Å²) in [6.07, 6.45) is 3.15. The molecule has 1 aliphatic rings. The van der Waals surface area contributed by atoms with Gasteiger partial charge in [-0.1, -0.05) is 6.92 Å². The van der Waals surface area contributed by atoms with Crippen molar-refractivity contribution in [3.05, 3.63) is 16.6 Å². The van der Waals surface area contributed by atoms with Gasteiger partial charge in [-0.25, -0.2) is 4.98 Å². The summed E-state index contributed by atoms with van der Waals surface area (Å²) in [6, 6.07) is 0. The Morgan fingerprint density at radius 2 is 2.33 bits per heavy atom. The molecule has 0 radical (unpaired) electrons. The fraction of sp³-hybridized carbons (Fsp3) is 0.769. The van der Waals surface area contributed by atoms with Crippen molar-refractivity contribution in [1.82, 2.24) is 15.2 Å². The van der Waals surface area contributed by atoms with Gasteiger partial charge in [0.1, 0.15) is 0 Å². The molecular weight excluding hydrogens is 246 g/mol. The fourth-order valence-electron chi connectivity index (χ4n) is 2.37. The first-order chi connectivity index (χ1) is 8.78. The number of nitrogens with zero attached hydrogens (tertiary/aromatic N) is 2. The Morgan fingerprint density at radius 3 is 3.06 bits per heavy atom. The molecule has 1 saturated heterocycles. The molecule has 4 nitrogen and oxygen atoms in total. The maximum absolute atomic E-state index is 6.03. The standard InChI is InChI=1S/C13H23N3OS/c1-3-14-6-12-4-5-13(17-12)8-16(2)7-11-9-18-10-15-11/h9-10,12-14H,3-8H2,1-2H3. The van der Waals surface area contributed by atoms with E-state index in [1.54, 1.807) is 11.3 Å². The minimum atomic E-state index is 0.386. The van der Waals surface area contributed by atoms with Crippen LogP contribution in [0.1, 0.15) is 25.5 Å². The second-order valence-corrected chi connectivity index (χ2v) is 5.66. The van der Waals surface area contributed by atoms with Crippen molar-refractivity contribution in [3.63, 3.8) is 0 Å². The molecule has 1 aromatic rings. The summed E-state index contributed by atoms with van der Waals surface area (Å²) in [6.45, 7) is 6.06. The van der Waals surface area contributed by atoms with Crippen LogP contribution >= 0.6 is 11.3 Å². The molecule has 0 bridgehead atoms. The number of thiazole rings is 1. The number of hydrogen-bond acceptors (Lipinski definition) is 5. The molecule has 0 aromatic carbocycles. The molecule has 0 aliphatic carbocycles. The number of ether oxygens (including phenoxy) is 1. The first kappa shape index (κ1) is 13.9. The van der Waals surface area contributed by atoms with E-state index in [1.165, 1.54) is 12.8 Å². The van der Waals surface area contributed by atoms with Crippen LogP contribution in [0.25, 0.3) is 0 Å². The van der Waals surface area contributed by atoms with E-state index in [2.05, 4.69) is 34.6 Å². The van der Waals surface area contributed by atoms with Crippen LogP contribution in [0.5, 0.6) is 0 Å². The summed E-state index contributed by atoms with van der Waals surface area (Å²) in [5.41, 5.74) is 3.05. The van der Waals surface area contributed by atoms with E-state index in [-0.39, 0.29) is 0 Å². The van der Waals surface area contributed by atoms with Crippen molar-refractivity contribution in [2.24, 2.45) is 0 Å². The lowest BCUT2D eigenvalue weighted by Gasteiger charge is -2.20. The Hall–Kier alpha value is -0.490. The third-order valence-corrected chi connectivity index (χ3v) is 3.88. The van der Waals surface area contributed by atoms with Gasteiger partial charge in [-0.15, -0.1) is 11.3 Å². The maximum atomic E-state index is 6.03. The second kappa shape index (κ2) is 7.19. The molecular formula is C13H23N3OS. The monoisotopic (exact) mass is 269 g/mol. The van der Waals surface area contributed by atoms with Crippen molar-refractivity contribution in [1.29, 1.82) is 0 Å². The van der Waals surface area contributed by atoms with Gasteiger partial charge in [0.2, 0.25) is 0 Å². The predicted octanol–water partition coefficient (Wildman–Crippen LogP) is 1.73. The highest BCUT2D eigenvalue weighted by molar-refractivity contribution is 7.07. The van der Waals surface area contributed by atoms with Gasteiger partial charge < -0.3 is 10.1 Å². The highest BCUT2D eigenvalue weighted by Gasteiger charge is 2.25. The van der Waals surface area contributed by atoms with Crippen LogP contribution in [0.15, 0.2) is 10.9 Å². The van der Waals surface area contributed by atoms with Gasteiger partial charge in [0.05, 0.1) is 23.4 Å². The Kier molecular flexibility index (Phi) is 5.56. The van der Waals surface area contributed by atoms with Gasteiger partial charge in [0.25, 0.3) is 0 Å². The molecule has 1 fully saturated rings. The Labute approximate surface area is 113 Å². The first-order valence-electron chi connectivity index (χ1n) is 6.69. The minimum Gasteiger partial charge on any atom is -0.372 e. The molecule has 1 aromatic heterocycles. The van der Waals surface area contributed by atoms with Crippen molar-refractivity contribution in [2.75, 3.05) is 26.7 Å². The summed E-state index contributed by atoms with van der Waals surface area (Å²) in [7, 11) is 2.14. The fourth-order valence-corrected chi connectivity index (χ4v) is 2.92. The average Bonchev–Trinajstić information content (AvgIpc) is 2.98. The van der Waals surface area contributed by atoms with E-state index in [0.717, 1.165) is 31.9 Å². The van der Waals surface area contributed by atoms with E-state index in [9.17, 15) is 0 Å².